The third-order valence-electron chi connectivity index (χ3n) is 5.54. The number of carbonyl (C=O) groups is 1. The van der Waals surface area contributed by atoms with Crippen LogP contribution in [0.1, 0.15) is 33.8 Å². The average Bonchev–Trinajstić information content (AvgIpc) is 3.39. The van der Waals surface area contributed by atoms with Crippen LogP contribution in [0.3, 0.4) is 0 Å². The summed E-state index contributed by atoms with van der Waals surface area (Å²) in [6.07, 6.45) is 5.12. The van der Waals surface area contributed by atoms with Crippen LogP contribution in [0.15, 0.2) is 41.3 Å². The summed E-state index contributed by atoms with van der Waals surface area (Å²) in [4.78, 5) is 25.3. The van der Waals surface area contributed by atoms with Gasteiger partial charge in [0.05, 0.1) is 22.8 Å². The van der Waals surface area contributed by atoms with Crippen molar-refractivity contribution in [3.63, 3.8) is 0 Å². The predicted octanol–water partition coefficient (Wildman–Crippen LogP) is 3.08. The molecule has 5 rings (SSSR count). The highest BCUT2D eigenvalue weighted by Crippen LogP contribution is 2.46. The molecule has 0 aromatic carbocycles. The summed E-state index contributed by atoms with van der Waals surface area (Å²) in [5.41, 5.74) is 8.02. The van der Waals surface area contributed by atoms with E-state index in [0.717, 1.165) is 29.8 Å². The smallest absolute Gasteiger partial charge is 0.275 e. The van der Waals surface area contributed by atoms with Crippen molar-refractivity contribution in [1.82, 2.24) is 14.9 Å². The Morgan fingerprint density at radius 1 is 1.29 bits per heavy atom. The number of hydrogen-bond donors (Lipinski definition) is 1. The van der Waals surface area contributed by atoms with E-state index in [-0.39, 0.29) is 11.5 Å². The highest BCUT2D eigenvalue weighted by Gasteiger charge is 2.43. The maximum atomic E-state index is 12.5. The fourth-order valence-corrected chi connectivity index (χ4v) is 5.30. The second-order valence-corrected chi connectivity index (χ2v) is 8.29. The van der Waals surface area contributed by atoms with Gasteiger partial charge in [0.25, 0.3) is 5.91 Å². The minimum absolute atomic E-state index is 0.0883. The van der Waals surface area contributed by atoms with Gasteiger partial charge < -0.3 is 19.8 Å². The lowest BCUT2D eigenvalue weighted by Gasteiger charge is -2.43. The summed E-state index contributed by atoms with van der Waals surface area (Å²) >= 11 is 1.77. The fourth-order valence-electron chi connectivity index (χ4n) is 4.10. The van der Waals surface area contributed by atoms with Gasteiger partial charge in [-0.05, 0) is 36.6 Å². The molecule has 2 N–H and O–H groups in total. The quantitative estimate of drug-likeness (QED) is 0.715. The monoisotopic (exact) mass is 396 g/mol. The third-order valence-corrected chi connectivity index (χ3v) is 6.76. The molecule has 0 aliphatic carbocycles. The molecule has 1 saturated heterocycles. The Kier molecular flexibility index (Phi) is 4.17. The van der Waals surface area contributed by atoms with E-state index in [1.807, 2.05) is 17.0 Å². The Balaban J connectivity index is 1.40. The number of likely N-dealkylation sites (tertiary alicyclic amines) is 1. The van der Waals surface area contributed by atoms with Crippen molar-refractivity contribution in [2.75, 3.05) is 25.4 Å². The molecule has 2 aliphatic rings. The van der Waals surface area contributed by atoms with E-state index < -0.39 is 0 Å². The van der Waals surface area contributed by atoms with Crippen LogP contribution in [0.4, 0.5) is 5.82 Å². The van der Waals surface area contributed by atoms with E-state index in [1.54, 1.807) is 17.4 Å². The number of pyridine rings is 1. The van der Waals surface area contributed by atoms with Gasteiger partial charge in [-0.15, -0.1) is 11.3 Å². The van der Waals surface area contributed by atoms with E-state index in [2.05, 4.69) is 16.0 Å². The lowest BCUT2D eigenvalue weighted by atomic mass is 9.82. The van der Waals surface area contributed by atoms with Gasteiger partial charge in [0, 0.05) is 24.4 Å². The standard InChI is InChI=1S/C20H20N4O3S/c21-18-3-1-2-14(23-18)17-10-13-16(28-17)4-9-27-20(13)5-7-24(8-6-20)19(25)15-11-26-12-22-15/h1-3,10-12H,4-9H2,(H2,21,23). The molecule has 144 valence electrons. The van der Waals surface area contributed by atoms with Crippen LogP contribution in [0.2, 0.25) is 0 Å². The molecular formula is C20H20N4O3S. The molecule has 3 aromatic rings. The molecule has 28 heavy (non-hydrogen) atoms. The number of carbonyl (C=O) groups excluding carboxylic acids is 1. The van der Waals surface area contributed by atoms with Crippen LogP contribution in [0, 0.1) is 0 Å². The van der Waals surface area contributed by atoms with Crippen molar-refractivity contribution >= 4 is 23.1 Å². The molecular weight excluding hydrogens is 376 g/mol. The van der Waals surface area contributed by atoms with E-state index in [1.165, 1.54) is 23.1 Å². The number of nitrogen functional groups attached to an aromatic ring is 1. The number of rotatable bonds is 2. The maximum absolute atomic E-state index is 12.5. The van der Waals surface area contributed by atoms with Gasteiger partial charge >= 0.3 is 0 Å². The zero-order valence-corrected chi connectivity index (χ0v) is 16.1. The topological polar surface area (TPSA) is 94.5 Å². The molecule has 0 unspecified atom stereocenters. The van der Waals surface area contributed by atoms with Crippen molar-refractivity contribution in [2.24, 2.45) is 0 Å². The Morgan fingerprint density at radius 2 is 2.14 bits per heavy atom. The number of hydrogen-bond acceptors (Lipinski definition) is 7. The minimum atomic E-state index is -0.330. The Bertz CT molecular complexity index is 1010. The number of anilines is 1. The number of amides is 1. The normalized spacial score (nSPS) is 18.2. The molecule has 0 saturated carbocycles. The predicted molar refractivity (Wildman–Crippen MR) is 105 cm³/mol. The number of nitrogens with zero attached hydrogens (tertiary/aromatic N) is 3. The number of piperidine rings is 1. The van der Waals surface area contributed by atoms with Gasteiger partial charge in [0.15, 0.2) is 12.1 Å². The van der Waals surface area contributed by atoms with Crippen LogP contribution in [0.5, 0.6) is 0 Å². The van der Waals surface area contributed by atoms with Crippen molar-refractivity contribution in [3.8, 4) is 10.6 Å². The van der Waals surface area contributed by atoms with Crippen LogP contribution in [0.25, 0.3) is 10.6 Å². The Labute approximate surface area is 166 Å². The van der Waals surface area contributed by atoms with Crippen molar-refractivity contribution in [2.45, 2.75) is 24.9 Å². The average molecular weight is 396 g/mol. The first kappa shape index (κ1) is 17.4. The molecule has 8 heteroatoms. The molecule has 1 amide bonds. The summed E-state index contributed by atoms with van der Waals surface area (Å²) in [7, 11) is 0. The second-order valence-electron chi connectivity index (χ2n) is 7.15. The molecule has 7 nitrogen and oxygen atoms in total. The van der Waals surface area contributed by atoms with Crippen LogP contribution >= 0.6 is 11.3 Å². The van der Waals surface area contributed by atoms with Gasteiger partial charge in [-0.2, -0.15) is 0 Å². The molecule has 0 atom stereocenters. The first-order valence-electron chi connectivity index (χ1n) is 9.32. The van der Waals surface area contributed by atoms with Gasteiger partial charge in [-0.25, -0.2) is 9.97 Å². The van der Waals surface area contributed by atoms with Gasteiger partial charge in [-0.1, -0.05) is 6.07 Å². The lowest BCUT2D eigenvalue weighted by Crippen LogP contribution is -2.48. The Morgan fingerprint density at radius 3 is 2.89 bits per heavy atom. The summed E-state index contributed by atoms with van der Waals surface area (Å²) < 4.78 is 11.3. The van der Waals surface area contributed by atoms with Crippen molar-refractivity contribution in [3.05, 3.63) is 53.1 Å². The lowest BCUT2D eigenvalue weighted by molar-refractivity contribution is -0.0926. The molecule has 1 fully saturated rings. The van der Waals surface area contributed by atoms with Crippen molar-refractivity contribution in [1.29, 1.82) is 0 Å². The van der Waals surface area contributed by atoms with Gasteiger partial charge in [0.1, 0.15) is 12.1 Å². The molecule has 5 heterocycles. The molecule has 2 aliphatic heterocycles. The van der Waals surface area contributed by atoms with E-state index in [9.17, 15) is 4.79 Å². The fraction of sp³-hybridized carbons (Fsp3) is 0.350. The Hall–Kier alpha value is -2.71. The molecule has 0 bridgehead atoms. The van der Waals surface area contributed by atoms with E-state index >= 15 is 0 Å². The summed E-state index contributed by atoms with van der Waals surface area (Å²) in [5.74, 6) is 0.434. The summed E-state index contributed by atoms with van der Waals surface area (Å²) in [6.45, 7) is 1.97. The highest BCUT2D eigenvalue weighted by atomic mass is 32.1. The van der Waals surface area contributed by atoms with E-state index in [4.69, 9.17) is 14.9 Å². The third kappa shape index (κ3) is 2.89. The maximum Gasteiger partial charge on any atom is 0.275 e. The number of thiophene rings is 1. The van der Waals surface area contributed by atoms with Crippen LogP contribution in [-0.4, -0.2) is 40.5 Å². The minimum Gasteiger partial charge on any atom is -0.451 e. The van der Waals surface area contributed by atoms with Gasteiger partial charge in [-0.3, -0.25) is 4.79 Å². The number of nitrogens with two attached hydrogens (primary N) is 1. The molecule has 3 aromatic heterocycles. The zero-order valence-electron chi connectivity index (χ0n) is 15.3. The van der Waals surface area contributed by atoms with Crippen molar-refractivity contribution < 1.29 is 13.9 Å². The van der Waals surface area contributed by atoms with Crippen LogP contribution < -0.4 is 5.73 Å². The first-order valence-corrected chi connectivity index (χ1v) is 10.1. The van der Waals surface area contributed by atoms with Crippen LogP contribution in [-0.2, 0) is 16.8 Å². The summed E-state index contributed by atoms with van der Waals surface area (Å²) in [5, 5.41) is 0. The largest absolute Gasteiger partial charge is 0.451 e. The zero-order chi connectivity index (χ0) is 19.1. The van der Waals surface area contributed by atoms with E-state index in [0.29, 0.717) is 31.2 Å². The first-order chi connectivity index (χ1) is 13.6. The number of oxazole rings is 1. The summed E-state index contributed by atoms with van der Waals surface area (Å²) in [6, 6.07) is 7.91. The second kappa shape index (κ2) is 6.72. The van der Waals surface area contributed by atoms with Gasteiger partial charge in [0.2, 0.25) is 0 Å². The molecule has 0 radical (unpaired) electrons. The highest BCUT2D eigenvalue weighted by molar-refractivity contribution is 7.15. The molecule has 1 spiro atoms. The SMILES string of the molecule is Nc1cccc(-c2cc3c(s2)CCOC32CCN(C(=O)c3cocn3)CC2)n1. The number of aromatic nitrogens is 2. The number of ether oxygens (including phenoxy) is 1. The number of fused-ring (bicyclic) bond motifs is 2.